The van der Waals surface area contributed by atoms with Crippen LogP contribution in [0.4, 0.5) is 0 Å². The molecule has 0 aliphatic rings. The smallest absolute Gasteiger partial charge is 0.106 e. The van der Waals surface area contributed by atoms with Crippen molar-refractivity contribution in [3.63, 3.8) is 0 Å². The SMILES string of the molecule is C=O.C=O.CC(C)Cc1ccc2ccccc2c1. The van der Waals surface area contributed by atoms with Crippen molar-refractivity contribution in [3.05, 3.63) is 48.0 Å². The molecule has 0 atom stereocenters. The normalized spacial score (nSPS) is 9.06. The molecule has 2 aromatic carbocycles. The quantitative estimate of drug-likeness (QED) is 0.807. The van der Waals surface area contributed by atoms with E-state index in [1.54, 1.807) is 0 Å². The van der Waals surface area contributed by atoms with Crippen LogP contribution in [0.5, 0.6) is 0 Å². The van der Waals surface area contributed by atoms with Gasteiger partial charge in [0.05, 0.1) is 0 Å². The summed E-state index contributed by atoms with van der Waals surface area (Å²) in [5.41, 5.74) is 1.44. The molecule has 0 saturated heterocycles. The lowest BCUT2D eigenvalue weighted by Gasteiger charge is -2.06. The molecule has 0 heterocycles. The Bertz CT molecular complexity index is 461. The predicted octanol–water partition coefficient (Wildman–Crippen LogP) is 3.67. The van der Waals surface area contributed by atoms with Crippen LogP contribution in [0, 0.1) is 5.92 Å². The van der Waals surface area contributed by atoms with E-state index in [4.69, 9.17) is 9.59 Å². The molecule has 96 valence electrons. The van der Waals surface area contributed by atoms with Crippen molar-refractivity contribution in [2.45, 2.75) is 20.3 Å². The van der Waals surface area contributed by atoms with E-state index in [0.717, 1.165) is 5.92 Å². The van der Waals surface area contributed by atoms with Gasteiger partial charge < -0.3 is 9.59 Å². The van der Waals surface area contributed by atoms with Gasteiger partial charge in [-0.2, -0.15) is 0 Å². The molecule has 0 N–H and O–H groups in total. The lowest BCUT2D eigenvalue weighted by Crippen LogP contribution is -1.93. The largest absolute Gasteiger partial charge is 0.307 e. The molecule has 0 radical (unpaired) electrons. The van der Waals surface area contributed by atoms with Crippen LogP contribution in [0.25, 0.3) is 10.8 Å². The minimum Gasteiger partial charge on any atom is -0.307 e. The van der Waals surface area contributed by atoms with Crippen LogP contribution in [0.3, 0.4) is 0 Å². The highest BCUT2D eigenvalue weighted by molar-refractivity contribution is 5.82. The first-order chi connectivity index (χ1) is 8.75. The number of carbonyl (C=O) groups is 2. The lowest BCUT2D eigenvalue weighted by atomic mass is 10.00. The summed E-state index contributed by atoms with van der Waals surface area (Å²) in [7, 11) is 0. The number of carbonyl (C=O) groups excluding carboxylic acids is 2. The Balaban J connectivity index is 0.000000659. The van der Waals surface area contributed by atoms with Gasteiger partial charge in [0.1, 0.15) is 13.6 Å². The molecule has 0 aliphatic carbocycles. The zero-order valence-electron chi connectivity index (χ0n) is 11.1. The maximum Gasteiger partial charge on any atom is 0.106 e. The van der Waals surface area contributed by atoms with Gasteiger partial charge >= 0.3 is 0 Å². The third-order valence-corrected chi connectivity index (χ3v) is 2.46. The number of hydrogen-bond acceptors (Lipinski definition) is 2. The second-order valence-corrected chi connectivity index (χ2v) is 4.28. The van der Waals surface area contributed by atoms with Crippen LogP contribution in [-0.2, 0) is 16.0 Å². The van der Waals surface area contributed by atoms with Gasteiger partial charge in [-0.3, -0.25) is 0 Å². The Hall–Kier alpha value is -1.96. The zero-order valence-corrected chi connectivity index (χ0v) is 11.1. The number of rotatable bonds is 2. The molecule has 0 aromatic heterocycles. The summed E-state index contributed by atoms with van der Waals surface area (Å²) in [5, 5.41) is 2.69. The van der Waals surface area contributed by atoms with E-state index >= 15 is 0 Å². The fraction of sp³-hybridized carbons (Fsp3) is 0.250. The maximum atomic E-state index is 8.00. The Kier molecular flexibility index (Phi) is 8.12. The van der Waals surface area contributed by atoms with Crippen molar-refractivity contribution >= 4 is 24.4 Å². The molecule has 18 heavy (non-hydrogen) atoms. The molecule has 0 spiro atoms. The van der Waals surface area contributed by atoms with Crippen molar-refractivity contribution in [3.8, 4) is 0 Å². The zero-order chi connectivity index (χ0) is 14.0. The van der Waals surface area contributed by atoms with Crippen LogP contribution in [-0.4, -0.2) is 13.6 Å². The average molecular weight is 244 g/mol. The summed E-state index contributed by atoms with van der Waals surface area (Å²) in [4.78, 5) is 16.0. The molecular weight excluding hydrogens is 224 g/mol. The van der Waals surface area contributed by atoms with Gasteiger partial charge in [0.25, 0.3) is 0 Å². The van der Waals surface area contributed by atoms with E-state index in [1.165, 1.54) is 22.8 Å². The van der Waals surface area contributed by atoms with Crippen molar-refractivity contribution < 1.29 is 9.59 Å². The monoisotopic (exact) mass is 244 g/mol. The molecule has 2 rings (SSSR count). The first kappa shape index (κ1) is 16.0. The fourth-order valence-corrected chi connectivity index (χ4v) is 1.84. The highest BCUT2D eigenvalue weighted by Crippen LogP contribution is 2.17. The summed E-state index contributed by atoms with van der Waals surface area (Å²) >= 11 is 0. The standard InChI is InChI=1S/C14H16.2CH2O/c1-11(2)9-12-7-8-13-5-3-4-6-14(13)10-12;2*1-2/h3-8,10-11H,9H2,1-2H3;2*1H2. The van der Waals surface area contributed by atoms with E-state index in [0.29, 0.717) is 0 Å². The second kappa shape index (κ2) is 9.11. The Labute approximate surface area is 109 Å². The summed E-state index contributed by atoms with van der Waals surface area (Å²) < 4.78 is 0. The van der Waals surface area contributed by atoms with Gasteiger partial charge in [-0.05, 0) is 28.7 Å². The van der Waals surface area contributed by atoms with Crippen LogP contribution >= 0.6 is 0 Å². The van der Waals surface area contributed by atoms with Crippen LogP contribution in [0.15, 0.2) is 42.5 Å². The molecule has 0 amide bonds. The minimum absolute atomic E-state index is 0.733. The van der Waals surface area contributed by atoms with E-state index in [-0.39, 0.29) is 0 Å². The summed E-state index contributed by atoms with van der Waals surface area (Å²) in [5.74, 6) is 0.733. The second-order valence-electron chi connectivity index (χ2n) is 4.28. The minimum atomic E-state index is 0.733. The van der Waals surface area contributed by atoms with Crippen molar-refractivity contribution in [2.24, 2.45) is 5.92 Å². The Morgan fingerprint density at radius 2 is 1.44 bits per heavy atom. The topological polar surface area (TPSA) is 34.1 Å². The molecule has 2 heteroatoms. The number of benzene rings is 2. The van der Waals surface area contributed by atoms with Crippen LogP contribution in [0.1, 0.15) is 19.4 Å². The molecule has 2 nitrogen and oxygen atoms in total. The molecule has 2 aromatic rings. The predicted molar refractivity (Wildman–Crippen MR) is 76.7 cm³/mol. The van der Waals surface area contributed by atoms with Gasteiger partial charge in [0.2, 0.25) is 0 Å². The van der Waals surface area contributed by atoms with Gasteiger partial charge in [-0.15, -0.1) is 0 Å². The Morgan fingerprint density at radius 3 is 2.00 bits per heavy atom. The molecule has 0 fully saturated rings. The summed E-state index contributed by atoms with van der Waals surface area (Å²) in [6.07, 6.45) is 1.17. The molecular formula is C16H20O2. The average Bonchev–Trinajstić information content (AvgIpc) is 2.42. The highest BCUT2D eigenvalue weighted by atomic mass is 16.1. The number of fused-ring (bicyclic) bond motifs is 1. The van der Waals surface area contributed by atoms with E-state index in [2.05, 4.69) is 56.3 Å². The van der Waals surface area contributed by atoms with E-state index < -0.39 is 0 Å². The summed E-state index contributed by atoms with van der Waals surface area (Å²) in [6.45, 7) is 8.52. The highest BCUT2D eigenvalue weighted by Gasteiger charge is 1.98. The van der Waals surface area contributed by atoms with Crippen LogP contribution < -0.4 is 0 Å². The molecule has 0 unspecified atom stereocenters. The lowest BCUT2D eigenvalue weighted by molar-refractivity contribution is -0.0987. The van der Waals surface area contributed by atoms with Crippen LogP contribution in [0.2, 0.25) is 0 Å². The van der Waals surface area contributed by atoms with Gasteiger partial charge in [-0.25, -0.2) is 0 Å². The third-order valence-electron chi connectivity index (χ3n) is 2.46. The van der Waals surface area contributed by atoms with Crippen molar-refractivity contribution in [2.75, 3.05) is 0 Å². The van der Waals surface area contributed by atoms with Gasteiger partial charge in [0.15, 0.2) is 0 Å². The Morgan fingerprint density at radius 1 is 0.889 bits per heavy atom. The first-order valence-electron chi connectivity index (χ1n) is 5.81. The maximum absolute atomic E-state index is 8.00. The van der Waals surface area contributed by atoms with Crippen molar-refractivity contribution in [1.29, 1.82) is 0 Å². The third kappa shape index (κ3) is 4.91. The van der Waals surface area contributed by atoms with Gasteiger partial charge in [0, 0.05) is 0 Å². The molecule has 0 bridgehead atoms. The molecule has 0 saturated carbocycles. The van der Waals surface area contributed by atoms with E-state index in [9.17, 15) is 0 Å². The molecule has 0 aliphatic heterocycles. The first-order valence-corrected chi connectivity index (χ1v) is 5.81. The van der Waals surface area contributed by atoms with E-state index in [1.807, 2.05) is 13.6 Å². The fourth-order valence-electron chi connectivity index (χ4n) is 1.84. The number of hydrogen-bond donors (Lipinski definition) is 0. The van der Waals surface area contributed by atoms with Gasteiger partial charge in [-0.1, -0.05) is 56.3 Å². The summed E-state index contributed by atoms with van der Waals surface area (Å²) in [6, 6.07) is 15.3. The van der Waals surface area contributed by atoms with Crippen molar-refractivity contribution in [1.82, 2.24) is 0 Å².